The van der Waals surface area contributed by atoms with Gasteiger partial charge in [0.15, 0.2) is 5.54 Å². The number of rotatable bonds is 48. The highest BCUT2D eigenvalue weighted by atomic mass is 32.2. The van der Waals surface area contributed by atoms with Crippen molar-refractivity contribution in [2.24, 2.45) is 15.6 Å². The number of azo groups is 1. The number of aliphatic carboxylic acids is 1. The van der Waals surface area contributed by atoms with Crippen LogP contribution in [-0.2, 0) is 14.4 Å². The Labute approximate surface area is 564 Å². The summed E-state index contributed by atoms with van der Waals surface area (Å²) >= 11 is 14.5. The molecule has 0 aromatic heterocycles. The van der Waals surface area contributed by atoms with Crippen molar-refractivity contribution in [3.63, 3.8) is 0 Å². The van der Waals surface area contributed by atoms with Gasteiger partial charge in [0.2, 0.25) is 0 Å². The lowest BCUT2D eigenvalue weighted by Crippen LogP contribution is -2.36. The van der Waals surface area contributed by atoms with E-state index in [0.29, 0.717) is 30.8 Å². The van der Waals surface area contributed by atoms with E-state index in [1.54, 1.807) is 37.4 Å². The third-order valence-electron chi connectivity index (χ3n) is 16.1. The second-order valence-corrected chi connectivity index (χ2v) is 26.9. The van der Waals surface area contributed by atoms with Gasteiger partial charge < -0.3 is 14.9 Å². The number of carbonyl (C=O) groups excluding carboxylic acids is 2. The molecule has 518 valence electrons. The molecular formula is C73H148N6O4S4. The van der Waals surface area contributed by atoms with E-state index in [1.807, 2.05) is 13.8 Å². The van der Waals surface area contributed by atoms with Crippen LogP contribution in [0.4, 0.5) is 0 Å². The second-order valence-electron chi connectivity index (χ2n) is 23.2. The SMILES string of the molecule is C.C.C.C.C.C=CC(=O)O.CCCCCCCCCCCCCCCCCC(=O)C(C)(CC)CSC(=S)N(CC)CC.CCCCCCCCCCCCCCCCCC(=O)C(C)(CC)SC(=S)N(CC)CC.[C-]#[N+]C(C)(CC)N=NC(C)(C#N)CC. The summed E-state index contributed by atoms with van der Waals surface area (Å²) < 4.78 is 1.45. The van der Waals surface area contributed by atoms with E-state index < -0.39 is 17.2 Å². The van der Waals surface area contributed by atoms with E-state index >= 15 is 0 Å². The highest BCUT2D eigenvalue weighted by molar-refractivity contribution is 8.24. The molecule has 4 unspecified atom stereocenters. The molecule has 0 aliphatic heterocycles. The number of nitrogens with zero attached hydrogens (tertiary/aromatic N) is 6. The Balaban J connectivity index is -0.000000148. The largest absolute Gasteiger partial charge is 0.478 e. The quantitative estimate of drug-likeness (QED) is 0.0205. The van der Waals surface area contributed by atoms with Crippen molar-refractivity contribution in [1.82, 2.24) is 9.80 Å². The van der Waals surface area contributed by atoms with Crippen LogP contribution in [0.3, 0.4) is 0 Å². The van der Waals surface area contributed by atoms with Crippen LogP contribution in [0.5, 0.6) is 0 Å². The van der Waals surface area contributed by atoms with E-state index in [1.165, 1.54) is 180 Å². The van der Waals surface area contributed by atoms with E-state index in [2.05, 4.69) is 107 Å². The number of hydrogen-bond acceptors (Lipinski definition) is 10. The van der Waals surface area contributed by atoms with Gasteiger partial charge in [-0.3, -0.25) is 14.4 Å². The molecule has 0 radical (unpaired) electrons. The topological polar surface area (TPSA) is 131 Å². The normalized spacial score (nSPS) is 13.0. The molecule has 0 rings (SSSR count). The number of nitriles is 1. The Hall–Kier alpha value is -2.39. The fourth-order valence-corrected chi connectivity index (χ4v) is 12.3. The molecule has 0 fully saturated rings. The maximum absolute atomic E-state index is 12.9. The average Bonchev–Trinajstić information content (AvgIpc) is 3.59. The summed E-state index contributed by atoms with van der Waals surface area (Å²) in [5, 5.41) is 24.4. The van der Waals surface area contributed by atoms with Crippen LogP contribution in [0, 0.1) is 23.3 Å². The van der Waals surface area contributed by atoms with Crippen LogP contribution in [0.1, 0.15) is 365 Å². The molecule has 0 heterocycles. The average molecular weight is 1300 g/mol. The predicted molar refractivity (Wildman–Crippen MR) is 403 cm³/mol. The smallest absolute Gasteiger partial charge is 0.337 e. The van der Waals surface area contributed by atoms with Gasteiger partial charge in [-0.25, -0.2) is 11.4 Å². The zero-order chi connectivity index (χ0) is 63.0. The summed E-state index contributed by atoms with van der Waals surface area (Å²) in [6.07, 6.45) is 46.0. The molecule has 0 aromatic carbocycles. The third-order valence-corrected chi connectivity index (χ3v) is 19.9. The molecule has 1 N–H and O–H groups in total. The molecule has 0 spiro atoms. The van der Waals surface area contributed by atoms with Gasteiger partial charge in [-0.15, -0.1) is 5.11 Å². The Morgan fingerprint density at radius 1 is 0.517 bits per heavy atom. The molecule has 10 nitrogen and oxygen atoms in total. The molecule has 0 aliphatic carbocycles. The molecule has 0 aliphatic rings. The minimum atomic E-state index is -0.981. The number of thioether (sulfide) groups is 2. The van der Waals surface area contributed by atoms with Gasteiger partial charge in [0.05, 0.1) is 10.8 Å². The van der Waals surface area contributed by atoms with Crippen LogP contribution in [0.25, 0.3) is 4.85 Å². The molecular weight excluding hydrogens is 1150 g/mol. The zero-order valence-electron chi connectivity index (χ0n) is 55.8. The fourth-order valence-electron chi connectivity index (χ4n) is 8.68. The first kappa shape index (κ1) is 103. The highest BCUT2D eigenvalue weighted by Crippen LogP contribution is 2.34. The summed E-state index contributed by atoms with van der Waals surface area (Å²) in [4.78, 5) is 42.8. The van der Waals surface area contributed by atoms with E-state index in [4.69, 9.17) is 41.4 Å². The van der Waals surface area contributed by atoms with Crippen molar-refractivity contribution in [3.05, 3.63) is 24.1 Å². The number of carboxylic acid groups (broad SMARTS) is 1. The maximum Gasteiger partial charge on any atom is 0.337 e. The summed E-state index contributed by atoms with van der Waals surface area (Å²) in [6, 6.07) is 2.09. The summed E-state index contributed by atoms with van der Waals surface area (Å²) in [7, 11) is 0. The Kier molecular flexibility index (Phi) is 82.6. The minimum absolute atomic E-state index is 0. The monoisotopic (exact) mass is 1300 g/mol. The van der Waals surface area contributed by atoms with Gasteiger partial charge in [0.1, 0.15) is 20.2 Å². The van der Waals surface area contributed by atoms with Crippen molar-refractivity contribution >= 4 is 74.1 Å². The van der Waals surface area contributed by atoms with Crippen LogP contribution < -0.4 is 0 Å². The first-order valence-corrected chi connectivity index (χ1v) is 35.8. The lowest BCUT2D eigenvalue weighted by atomic mass is 9.82. The molecule has 87 heavy (non-hydrogen) atoms. The Morgan fingerprint density at radius 3 is 1.08 bits per heavy atom. The molecule has 0 bridgehead atoms. The molecule has 0 saturated carbocycles. The van der Waals surface area contributed by atoms with Crippen molar-refractivity contribution in [2.45, 2.75) is 381 Å². The molecule has 0 amide bonds. The van der Waals surface area contributed by atoms with Gasteiger partial charge in [0.25, 0.3) is 0 Å². The van der Waals surface area contributed by atoms with Crippen LogP contribution in [-0.4, -0.2) is 89.0 Å². The summed E-state index contributed by atoms with van der Waals surface area (Å²) in [5.41, 5.74) is -1.84. The van der Waals surface area contributed by atoms with Crippen LogP contribution >= 0.6 is 48.0 Å². The number of ketones is 2. The lowest BCUT2D eigenvalue weighted by Gasteiger charge is -2.30. The second kappa shape index (κ2) is 69.5. The van der Waals surface area contributed by atoms with Gasteiger partial charge in [-0.05, 0) is 73.6 Å². The van der Waals surface area contributed by atoms with Gasteiger partial charge in [0, 0.05) is 69.6 Å². The van der Waals surface area contributed by atoms with Crippen molar-refractivity contribution in [2.75, 3.05) is 31.9 Å². The lowest BCUT2D eigenvalue weighted by molar-refractivity contribution is -0.131. The van der Waals surface area contributed by atoms with Crippen LogP contribution in [0.15, 0.2) is 22.9 Å². The molecule has 14 heteroatoms. The summed E-state index contributed by atoms with van der Waals surface area (Å²) in [6.45, 7) is 42.4. The number of carbonyl (C=O) groups is 3. The molecule has 4 atom stereocenters. The van der Waals surface area contributed by atoms with Gasteiger partial charge in [-0.1, -0.05) is 320 Å². The van der Waals surface area contributed by atoms with Crippen molar-refractivity contribution in [1.29, 1.82) is 5.26 Å². The first-order valence-electron chi connectivity index (χ1n) is 33.2. The van der Waals surface area contributed by atoms with Gasteiger partial charge >= 0.3 is 11.6 Å². The number of carboxylic acids is 1. The fraction of sp³-hybridized carbons (Fsp3) is 0.877. The summed E-state index contributed by atoms with van der Waals surface area (Å²) in [5.74, 6) is 0.648. The van der Waals surface area contributed by atoms with Crippen molar-refractivity contribution in [3.8, 4) is 6.07 Å². The maximum atomic E-state index is 12.9. The zero-order valence-corrected chi connectivity index (χ0v) is 59.0. The van der Waals surface area contributed by atoms with Crippen molar-refractivity contribution < 1.29 is 19.5 Å². The van der Waals surface area contributed by atoms with E-state index in [0.717, 1.165) is 78.8 Å². The first-order chi connectivity index (χ1) is 39.1. The minimum Gasteiger partial charge on any atom is -0.478 e. The molecule has 0 saturated heterocycles. The van der Waals surface area contributed by atoms with E-state index in [9.17, 15) is 14.4 Å². The predicted octanol–water partition coefficient (Wildman–Crippen LogP) is 25.6. The number of thiocarbonyl (C=S) groups is 2. The van der Waals surface area contributed by atoms with Crippen LogP contribution in [0.2, 0.25) is 0 Å². The Bertz CT molecular complexity index is 1700. The number of Topliss-reactive ketones (excluding diaryl/α,β-unsaturated/α-hetero) is 2. The molecule has 0 aromatic rings. The van der Waals surface area contributed by atoms with Gasteiger partial charge in [-0.2, -0.15) is 10.4 Å². The number of unbranched alkanes of at least 4 members (excludes halogenated alkanes) is 28. The third kappa shape index (κ3) is 58.4. The van der Waals surface area contributed by atoms with E-state index in [-0.39, 0.29) is 47.3 Å². The standard InChI is InChI=1S/C28H55NOS2.C27H53NOS2.C10H16N4.C3H4O2.5CH4/c1-6-10-11-12-13-14-15-16-17-18-19-20-21-22-23-24-26(30)28(5,7-2)25-32-27(31)29(8-3)9-4;1-6-10-11-12-13-14-15-16-17-18-19-20-21-22-23-24-25(29)27(5,7-2)31-26(30)28(8-3)9-4;1-6-9(3,8-11)13-14-10(4,7-2)12-5;1-2-3(4)5;;;;;/h6-25H2,1-5H3;6-24H2,1-5H3;6-7H2,1-4H3;2H,1H2,(H,4,5);5*1H4. The Morgan fingerprint density at radius 2 is 0.828 bits per heavy atom. The highest BCUT2D eigenvalue weighted by Gasteiger charge is 2.34. The number of hydrogen-bond donors (Lipinski definition) is 1.